The highest BCUT2D eigenvalue weighted by Gasteiger charge is 2.34. The van der Waals surface area contributed by atoms with E-state index in [4.69, 9.17) is 0 Å². The summed E-state index contributed by atoms with van der Waals surface area (Å²) in [5.41, 5.74) is 0.443. The summed E-state index contributed by atoms with van der Waals surface area (Å²) in [7, 11) is 0.932. The minimum Gasteiger partial charge on any atom is -0.374 e. The van der Waals surface area contributed by atoms with Gasteiger partial charge in [0, 0.05) is 0 Å². The molecule has 3 atom stereocenters. The topological polar surface area (TPSA) is 36.1 Å². The molecule has 21 heavy (non-hydrogen) atoms. The predicted molar refractivity (Wildman–Crippen MR) is 99.6 cm³/mol. The number of nitrogens with one attached hydrogen (secondary N) is 3. The molecule has 0 amide bonds. The van der Waals surface area contributed by atoms with Crippen LogP contribution in [0.1, 0.15) is 67.2 Å². The fourth-order valence-electron chi connectivity index (χ4n) is 3.37. The zero-order valence-electron chi connectivity index (χ0n) is 15.3. The third-order valence-electron chi connectivity index (χ3n) is 5.52. The molecule has 3 unspecified atom stereocenters. The second kappa shape index (κ2) is 9.27. The van der Waals surface area contributed by atoms with Crippen molar-refractivity contribution in [1.82, 2.24) is 15.4 Å². The van der Waals surface area contributed by atoms with Crippen molar-refractivity contribution in [3.05, 3.63) is 0 Å². The molecular formula is C15H36B3N3. The van der Waals surface area contributed by atoms with Gasteiger partial charge in [0.05, 0.1) is 0 Å². The van der Waals surface area contributed by atoms with E-state index >= 15 is 0 Å². The molecule has 0 aromatic heterocycles. The maximum atomic E-state index is 3.78. The third kappa shape index (κ3) is 6.79. The summed E-state index contributed by atoms with van der Waals surface area (Å²) < 4.78 is 0. The Hall–Kier alpha value is 0.0748. The van der Waals surface area contributed by atoms with E-state index in [2.05, 4.69) is 57.0 Å². The largest absolute Gasteiger partial charge is 0.374 e. The molecule has 0 bridgehead atoms. The maximum Gasteiger partial charge on any atom is 0.285 e. The highest BCUT2D eigenvalue weighted by atomic mass is 15.0. The molecular weight excluding hydrogens is 255 g/mol. The summed E-state index contributed by atoms with van der Waals surface area (Å²) >= 11 is 0. The van der Waals surface area contributed by atoms with Crippen LogP contribution >= 0.6 is 0 Å². The molecule has 1 rings (SSSR count). The molecule has 1 aliphatic rings. The van der Waals surface area contributed by atoms with Gasteiger partial charge in [-0.2, -0.15) is 0 Å². The van der Waals surface area contributed by atoms with Crippen molar-refractivity contribution in [2.75, 3.05) is 0 Å². The van der Waals surface area contributed by atoms with E-state index in [0.717, 1.165) is 19.4 Å². The molecule has 1 aliphatic heterocycles. The second-order valence-corrected chi connectivity index (χ2v) is 7.69. The Morgan fingerprint density at radius 1 is 1.00 bits per heavy atom. The lowest BCUT2D eigenvalue weighted by atomic mass is 9.48. The highest BCUT2D eigenvalue weighted by Crippen LogP contribution is 2.35. The highest BCUT2D eigenvalue weighted by molar-refractivity contribution is 6.81. The van der Waals surface area contributed by atoms with Crippen LogP contribution in [0.3, 0.4) is 0 Å². The van der Waals surface area contributed by atoms with Crippen LogP contribution in [-0.2, 0) is 0 Å². The van der Waals surface area contributed by atoms with E-state index in [0.29, 0.717) is 19.4 Å². The molecule has 0 aliphatic carbocycles. The van der Waals surface area contributed by atoms with Crippen molar-refractivity contribution in [1.29, 1.82) is 0 Å². The van der Waals surface area contributed by atoms with Crippen LogP contribution in [-0.4, -0.2) is 21.5 Å². The van der Waals surface area contributed by atoms with Crippen molar-refractivity contribution in [2.45, 2.75) is 79.9 Å². The van der Waals surface area contributed by atoms with Gasteiger partial charge in [0.15, 0.2) is 0 Å². The summed E-state index contributed by atoms with van der Waals surface area (Å²) in [5, 5.41) is 10.9. The van der Waals surface area contributed by atoms with E-state index in [1.807, 2.05) is 0 Å². The molecule has 120 valence electrons. The van der Waals surface area contributed by atoms with Crippen molar-refractivity contribution < 1.29 is 0 Å². The third-order valence-corrected chi connectivity index (χ3v) is 5.52. The van der Waals surface area contributed by atoms with E-state index in [1.54, 1.807) is 0 Å². The van der Waals surface area contributed by atoms with Crippen LogP contribution in [0, 0.1) is 17.3 Å². The second-order valence-electron chi connectivity index (χ2n) is 7.69. The monoisotopic (exact) mass is 291 g/mol. The first-order chi connectivity index (χ1) is 9.92. The van der Waals surface area contributed by atoms with E-state index in [1.165, 1.54) is 38.3 Å². The average Bonchev–Trinajstić information content (AvgIpc) is 2.47. The molecule has 6 heteroatoms. The molecule has 3 nitrogen and oxygen atoms in total. The van der Waals surface area contributed by atoms with Gasteiger partial charge in [-0.05, 0) is 36.3 Å². The molecule has 0 aromatic carbocycles. The van der Waals surface area contributed by atoms with Gasteiger partial charge in [-0.1, -0.05) is 60.8 Å². The van der Waals surface area contributed by atoms with Gasteiger partial charge in [0.1, 0.15) is 0 Å². The Bertz CT molecular complexity index is 293. The van der Waals surface area contributed by atoms with E-state index in [9.17, 15) is 0 Å². The van der Waals surface area contributed by atoms with Crippen LogP contribution < -0.4 is 15.4 Å². The Kier molecular flexibility index (Phi) is 8.44. The van der Waals surface area contributed by atoms with Crippen molar-refractivity contribution in [3.63, 3.8) is 0 Å². The Morgan fingerprint density at radius 2 is 1.62 bits per heavy atom. The first-order valence-corrected chi connectivity index (χ1v) is 9.15. The van der Waals surface area contributed by atoms with Gasteiger partial charge >= 0.3 is 0 Å². The first kappa shape index (κ1) is 19.1. The predicted octanol–water partition coefficient (Wildman–Crippen LogP) is 2.91. The normalized spacial score (nSPS) is 21.6. The van der Waals surface area contributed by atoms with E-state index < -0.39 is 0 Å². The summed E-state index contributed by atoms with van der Waals surface area (Å²) in [4.78, 5) is 0. The molecule has 1 fully saturated rings. The number of rotatable bonds is 9. The zero-order valence-corrected chi connectivity index (χ0v) is 15.3. The van der Waals surface area contributed by atoms with Gasteiger partial charge < -0.3 is 15.4 Å². The number of hydrogen-bond donors (Lipinski definition) is 3. The lowest BCUT2D eigenvalue weighted by Gasteiger charge is -2.37. The molecule has 1 heterocycles. The summed E-state index contributed by atoms with van der Waals surface area (Å²) in [6.07, 6.45) is 7.61. The molecule has 0 aromatic rings. The molecule has 3 N–H and O–H groups in total. The quantitative estimate of drug-likeness (QED) is 0.572. The molecule has 0 spiro atoms. The summed E-state index contributed by atoms with van der Waals surface area (Å²) in [5.74, 6) is 1.61. The molecule has 1 saturated heterocycles. The minimum absolute atomic E-state index is 0.443. The molecule has 0 saturated carbocycles. The van der Waals surface area contributed by atoms with Gasteiger partial charge in [-0.15, -0.1) is 0 Å². The standard InChI is InChI=1S/C15H36B3N3/c1-7-13(4)10-15(6,9-3)12-18-20-16-19-17(21-18)11-14(5)8-2/h13-14,16,19-21H,7-12H2,1-6H3. The van der Waals surface area contributed by atoms with Crippen LogP contribution in [0.15, 0.2) is 0 Å². The van der Waals surface area contributed by atoms with Crippen LogP contribution in [0.2, 0.25) is 12.6 Å². The van der Waals surface area contributed by atoms with Gasteiger partial charge in [-0.25, -0.2) is 0 Å². The lowest BCUT2D eigenvalue weighted by Crippen LogP contribution is -2.70. The van der Waals surface area contributed by atoms with Crippen LogP contribution in [0.4, 0.5) is 0 Å². The van der Waals surface area contributed by atoms with Crippen molar-refractivity contribution >= 4 is 21.5 Å². The van der Waals surface area contributed by atoms with E-state index in [-0.39, 0.29) is 0 Å². The van der Waals surface area contributed by atoms with Crippen molar-refractivity contribution in [3.8, 4) is 0 Å². The van der Waals surface area contributed by atoms with Crippen molar-refractivity contribution in [2.24, 2.45) is 17.3 Å². The fourth-order valence-corrected chi connectivity index (χ4v) is 3.37. The van der Waals surface area contributed by atoms with Crippen LogP contribution in [0.25, 0.3) is 0 Å². The zero-order chi connectivity index (χ0) is 15.9. The minimum atomic E-state index is 0.443. The fraction of sp³-hybridized carbons (Fsp3) is 1.00. The average molecular weight is 291 g/mol. The van der Waals surface area contributed by atoms with Gasteiger partial charge in [-0.3, -0.25) is 0 Å². The van der Waals surface area contributed by atoms with Crippen LogP contribution in [0.5, 0.6) is 0 Å². The Balaban J connectivity index is 2.51. The maximum absolute atomic E-state index is 3.78. The first-order valence-electron chi connectivity index (χ1n) is 9.15. The summed E-state index contributed by atoms with van der Waals surface area (Å²) in [6.45, 7) is 15.1. The SMILES string of the molecule is CCC(C)CB1NBNB(CC(C)(CC)CC(C)CC)N1. The van der Waals surface area contributed by atoms with Gasteiger partial charge in [0.25, 0.3) is 21.5 Å². The number of hydrogen-bond acceptors (Lipinski definition) is 3. The van der Waals surface area contributed by atoms with Gasteiger partial charge in [0.2, 0.25) is 0 Å². The summed E-state index contributed by atoms with van der Waals surface area (Å²) in [6, 6.07) is 0. The Labute approximate surface area is 134 Å². The smallest absolute Gasteiger partial charge is 0.285 e. The lowest BCUT2D eigenvalue weighted by molar-refractivity contribution is 0.260. The Morgan fingerprint density at radius 3 is 2.19 bits per heavy atom. The molecule has 0 radical (unpaired) electrons.